The Hall–Kier alpha value is -1.36. The Morgan fingerprint density at radius 3 is 2.42 bits per heavy atom. The highest BCUT2D eigenvalue weighted by Crippen LogP contribution is 2.39. The van der Waals surface area contributed by atoms with E-state index in [1.165, 1.54) is 11.8 Å². The van der Waals surface area contributed by atoms with Gasteiger partial charge in [-0.2, -0.15) is 4.99 Å². The van der Waals surface area contributed by atoms with E-state index in [9.17, 15) is 4.79 Å². The van der Waals surface area contributed by atoms with Gasteiger partial charge in [-0.15, -0.1) is 0 Å². The minimum Gasteiger partial charge on any atom is -0.358 e. The normalized spacial score (nSPS) is 24.5. The molecule has 19 heavy (non-hydrogen) atoms. The van der Waals surface area contributed by atoms with E-state index in [4.69, 9.17) is 0 Å². The molecule has 0 aliphatic carbocycles. The summed E-state index contributed by atoms with van der Waals surface area (Å²) >= 11 is 1.53. The van der Waals surface area contributed by atoms with E-state index in [1.807, 2.05) is 26.0 Å². The highest BCUT2D eigenvalue weighted by molar-refractivity contribution is 8.16. The Bertz CT molecular complexity index is 501. The van der Waals surface area contributed by atoms with Gasteiger partial charge in [0.2, 0.25) is 0 Å². The van der Waals surface area contributed by atoms with Gasteiger partial charge in [-0.25, -0.2) is 0 Å². The number of aliphatic imine (C=N–C) groups is 1. The summed E-state index contributed by atoms with van der Waals surface area (Å²) in [5.74, 6) is 0.209. The van der Waals surface area contributed by atoms with Crippen LogP contribution in [0.15, 0.2) is 29.5 Å². The molecule has 0 saturated carbocycles. The Morgan fingerprint density at radius 2 is 1.89 bits per heavy atom. The molecular formula is C14H19N3OS. The number of pyridine rings is 1. The summed E-state index contributed by atoms with van der Waals surface area (Å²) in [4.78, 5) is 20.2. The van der Waals surface area contributed by atoms with Gasteiger partial charge in [0.25, 0.3) is 5.91 Å². The zero-order valence-electron chi connectivity index (χ0n) is 11.7. The molecule has 1 amide bonds. The third-order valence-corrected chi connectivity index (χ3v) is 5.06. The Morgan fingerprint density at radius 1 is 1.26 bits per heavy atom. The van der Waals surface area contributed by atoms with Gasteiger partial charge in [0, 0.05) is 12.4 Å². The quantitative estimate of drug-likeness (QED) is 0.923. The van der Waals surface area contributed by atoms with Crippen LogP contribution in [0, 0.1) is 5.92 Å². The van der Waals surface area contributed by atoms with Crippen molar-refractivity contribution in [2.45, 2.75) is 38.5 Å². The number of hydrogen-bond donors (Lipinski definition) is 1. The fraction of sp³-hybridized carbons (Fsp3) is 0.500. The van der Waals surface area contributed by atoms with E-state index < -0.39 is 4.75 Å². The van der Waals surface area contributed by atoms with Gasteiger partial charge in [-0.3, -0.25) is 9.78 Å². The van der Waals surface area contributed by atoms with Crippen LogP contribution in [0.5, 0.6) is 0 Å². The van der Waals surface area contributed by atoms with Gasteiger partial charge < -0.3 is 5.32 Å². The lowest BCUT2D eigenvalue weighted by Gasteiger charge is -2.24. The zero-order chi connectivity index (χ0) is 14.0. The fourth-order valence-corrected chi connectivity index (χ4v) is 2.95. The maximum atomic E-state index is 12.0. The molecule has 1 aliphatic rings. The molecule has 0 radical (unpaired) electrons. The topological polar surface area (TPSA) is 54.4 Å². The molecule has 0 saturated heterocycles. The van der Waals surface area contributed by atoms with Crippen LogP contribution in [-0.4, -0.2) is 20.8 Å². The van der Waals surface area contributed by atoms with Crippen molar-refractivity contribution in [1.29, 1.82) is 0 Å². The first-order chi connectivity index (χ1) is 8.93. The average Bonchev–Trinajstić information content (AvgIpc) is 2.67. The molecule has 1 aromatic heterocycles. The third-order valence-electron chi connectivity index (χ3n) is 3.58. The summed E-state index contributed by atoms with van der Waals surface area (Å²) in [5, 5.41) is 4.01. The minimum absolute atomic E-state index is 0.0445. The summed E-state index contributed by atoms with van der Waals surface area (Å²) in [6.07, 6.45) is 3.53. The molecule has 0 spiro atoms. The van der Waals surface area contributed by atoms with Crippen LogP contribution in [-0.2, 0) is 4.79 Å². The second-order valence-corrected chi connectivity index (χ2v) is 6.67. The van der Waals surface area contributed by atoms with Crippen molar-refractivity contribution in [2.75, 3.05) is 0 Å². The molecule has 2 atom stereocenters. The van der Waals surface area contributed by atoms with Crippen LogP contribution in [0.25, 0.3) is 0 Å². The van der Waals surface area contributed by atoms with Crippen LogP contribution < -0.4 is 5.32 Å². The Labute approximate surface area is 118 Å². The van der Waals surface area contributed by atoms with Crippen molar-refractivity contribution in [3.05, 3.63) is 30.1 Å². The molecule has 2 rings (SSSR count). The summed E-state index contributed by atoms with van der Waals surface area (Å²) in [6.45, 7) is 8.11. The molecule has 0 fully saturated rings. The smallest absolute Gasteiger partial charge is 0.264 e. The van der Waals surface area contributed by atoms with Crippen LogP contribution in [0.4, 0.5) is 0 Å². The standard InChI is InChI=1S/C14H19N3OS/c1-9(2)14(4)12(18)17-13(19-14)16-10(3)11-5-7-15-8-6-11/h5-10H,1-4H3,(H,16,17,18)/t10-,14+/m1/s1. The van der Waals surface area contributed by atoms with Gasteiger partial charge in [0.1, 0.15) is 4.75 Å². The largest absolute Gasteiger partial charge is 0.358 e. The summed E-state index contributed by atoms with van der Waals surface area (Å²) in [6, 6.07) is 4.03. The zero-order valence-corrected chi connectivity index (χ0v) is 12.5. The lowest BCUT2D eigenvalue weighted by atomic mass is 9.96. The summed E-state index contributed by atoms with van der Waals surface area (Å²) < 4.78 is -0.444. The number of nitrogens with zero attached hydrogens (tertiary/aromatic N) is 2. The molecule has 5 heteroatoms. The number of rotatable bonds is 3. The monoisotopic (exact) mass is 277 g/mol. The lowest BCUT2D eigenvalue weighted by molar-refractivity contribution is -0.120. The van der Waals surface area contributed by atoms with E-state index in [2.05, 4.69) is 29.1 Å². The molecule has 1 aromatic rings. The van der Waals surface area contributed by atoms with Crippen LogP contribution in [0.3, 0.4) is 0 Å². The summed E-state index contributed by atoms with van der Waals surface area (Å²) in [5.41, 5.74) is 1.13. The summed E-state index contributed by atoms with van der Waals surface area (Å²) in [7, 11) is 0. The Kier molecular flexibility index (Phi) is 3.94. The van der Waals surface area contributed by atoms with Gasteiger partial charge in [0.15, 0.2) is 5.17 Å². The van der Waals surface area contributed by atoms with Gasteiger partial charge in [0.05, 0.1) is 6.04 Å². The number of carbonyl (C=O) groups is 1. The van der Waals surface area contributed by atoms with Gasteiger partial charge in [-0.05, 0) is 37.5 Å². The van der Waals surface area contributed by atoms with E-state index in [1.54, 1.807) is 12.4 Å². The fourth-order valence-electron chi connectivity index (χ4n) is 1.82. The van der Waals surface area contributed by atoms with Crippen molar-refractivity contribution in [1.82, 2.24) is 10.3 Å². The number of carbonyl (C=O) groups excluding carboxylic acids is 1. The minimum atomic E-state index is -0.444. The van der Waals surface area contributed by atoms with E-state index >= 15 is 0 Å². The SMILES string of the molecule is CC(C)[C@]1(C)SC(N[C@H](C)c2ccncc2)=NC1=O. The van der Waals surface area contributed by atoms with Crippen molar-refractivity contribution in [3.8, 4) is 0 Å². The number of aromatic nitrogens is 1. The van der Waals surface area contributed by atoms with Crippen molar-refractivity contribution < 1.29 is 4.79 Å². The van der Waals surface area contributed by atoms with Crippen LogP contribution in [0.1, 0.15) is 39.3 Å². The second-order valence-electron chi connectivity index (χ2n) is 5.23. The first kappa shape index (κ1) is 14.1. The molecule has 0 bridgehead atoms. The number of thioether (sulfide) groups is 1. The third kappa shape index (κ3) is 2.81. The van der Waals surface area contributed by atoms with Crippen molar-refractivity contribution >= 4 is 22.8 Å². The Balaban J connectivity index is 2.06. The molecule has 4 nitrogen and oxygen atoms in total. The van der Waals surface area contributed by atoms with Gasteiger partial charge >= 0.3 is 0 Å². The van der Waals surface area contributed by atoms with E-state index in [-0.39, 0.29) is 17.9 Å². The van der Waals surface area contributed by atoms with Crippen LogP contribution in [0.2, 0.25) is 0 Å². The van der Waals surface area contributed by atoms with E-state index in [0.717, 1.165) is 5.56 Å². The first-order valence-electron chi connectivity index (χ1n) is 6.42. The van der Waals surface area contributed by atoms with Crippen LogP contribution >= 0.6 is 11.8 Å². The maximum absolute atomic E-state index is 12.0. The highest BCUT2D eigenvalue weighted by atomic mass is 32.2. The lowest BCUT2D eigenvalue weighted by Crippen LogP contribution is -2.34. The molecule has 102 valence electrons. The second kappa shape index (κ2) is 5.33. The first-order valence-corrected chi connectivity index (χ1v) is 7.23. The van der Waals surface area contributed by atoms with E-state index in [0.29, 0.717) is 5.17 Å². The predicted octanol–water partition coefficient (Wildman–Crippen LogP) is 2.78. The molecule has 0 aromatic carbocycles. The highest BCUT2D eigenvalue weighted by Gasteiger charge is 2.43. The molecule has 1 aliphatic heterocycles. The molecule has 1 N–H and O–H groups in total. The number of hydrogen-bond acceptors (Lipinski definition) is 4. The number of nitrogens with one attached hydrogen (secondary N) is 1. The van der Waals surface area contributed by atoms with Gasteiger partial charge in [-0.1, -0.05) is 25.6 Å². The number of amidine groups is 1. The molecule has 0 unspecified atom stereocenters. The van der Waals surface area contributed by atoms with Crippen molar-refractivity contribution in [3.63, 3.8) is 0 Å². The molecule has 2 heterocycles. The average molecular weight is 277 g/mol. The van der Waals surface area contributed by atoms with Crippen molar-refractivity contribution in [2.24, 2.45) is 10.9 Å². The maximum Gasteiger partial charge on any atom is 0.264 e. The number of amides is 1. The predicted molar refractivity (Wildman–Crippen MR) is 79.1 cm³/mol. The molecular weight excluding hydrogens is 258 g/mol.